The van der Waals surface area contributed by atoms with Gasteiger partial charge in [0.15, 0.2) is 5.65 Å². The Labute approximate surface area is 122 Å². The van der Waals surface area contributed by atoms with Gasteiger partial charge in [-0.3, -0.25) is 0 Å². The van der Waals surface area contributed by atoms with Crippen molar-refractivity contribution in [1.82, 2.24) is 14.5 Å². The van der Waals surface area contributed by atoms with E-state index >= 15 is 0 Å². The smallest absolute Gasteiger partial charge is 0.160 e. The predicted molar refractivity (Wildman–Crippen MR) is 76.9 cm³/mol. The zero-order valence-electron chi connectivity index (χ0n) is 12.0. The van der Waals surface area contributed by atoms with Crippen LogP contribution in [0, 0.1) is 18.8 Å². The van der Waals surface area contributed by atoms with Gasteiger partial charge >= 0.3 is 0 Å². The molecule has 21 heavy (non-hydrogen) atoms. The quantitative estimate of drug-likeness (QED) is 0.824. The van der Waals surface area contributed by atoms with Crippen molar-refractivity contribution in [2.75, 3.05) is 0 Å². The van der Waals surface area contributed by atoms with Crippen molar-refractivity contribution in [2.45, 2.75) is 50.9 Å². The van der Waals surface area contributed by atoms with Crippen LogP contribution < -0.4 is 0 Å². The molecule has 5 heteroatoms. The van der Waals surface area contributed by atoms with E-state index in [4.69, 9.17) is 4.98 Å². The number of aryl methyl sites for hydroxylation is 2. The normalized spacial score (nSPS) is 37.0. The largest absolute Gasteiger partial charge is 0.390 e. The first-order chi connectivity index (χ1) is 10.2. The van der Waals surface area contributed by atoms with Gasteiger partial charge in [-0.05, 0) is 55.6 Å². The van der Waals surface area contributed by atoms with Crippen LogP contribution in [0.15, 0.2) is 6.33 Å². The number of pyridine rings is 1. The van der Waals surface area contributed by atoms with Crippen LogP contribution in [-0.4, -0.2) is 37.0 Å². The molecule has 2 heterocycles. The van der Waals surface area contributed by atoms with E-state index < -0.39 is 12.2 Å². The van der Waals surface area contributed by atoms with Crippen molar-refractivity contribution in [3.8, 4) is 0 Å². The van der Waals surface area contributed by atoms with E-state index in [2.05, 4.69) is 11.9 Å². The Morgan fingerprint density at radius 3 is 2.71 bits per heavy atom. The van der Waals surface area contributed by atoms with Gasteiger partial charge in [-0.2, -0.15) is 0 Å². The highest BCUT2D eigenvalue weighted by Crippen LogP contribution is 2.58. The number of hydrogen-bond donors (Lipinski definition) is 2. The van der Waals surface area contributed by atoms with Crippen LogP contribution in [0.25, 0.3) is 11.2 Å². The highest BCUT2D eigenvalue weighted by Gasteiger charge is 2.60. The molecule has 2 fully saturated rings. The molecule has 5 unspecified atom stereocenters. The zero-order chi connectivity index (χ0) is 14.3. The second-order valence-corrected chi connectivity index (χ2v) is 6.87. The SMILES string of the molecule is Cc1nc2c(ncn2C2C(O)C(O)C3CC32)c2c1CCC2. The lowest BCUT2D eigenvalue weighted by Gasteiger charge is -2.22. The molecule has 0 bridgehead atoms. The van der Waals surface area contributed by atoms with Crippen LogP contribution >= 0.6 is 0 Å². The monoisotopic (exact) mass is 285 g/mol. The Balaban J connectivity index is 1.70. The molecule has 5 rings (SSSR count). The van der Waals surface area contributed by atoms with E-state index in [0.717, 1.165) is 36.1 Å². The summed E-state index contributed by atoms with van der Waals surface area (Å²) in [6.07, 6.45) is 4.90. The Hall–Kier alpha value is -1.46. The van der Waals surface area contributed by atoms with Gasteiger partial charge in [0, 0.05) is 5.69 Å². The molecule has 0 aromatic carbocycles. The molecule has 2 aromatic heterocycles. The third-order valence-electron chi connectivity index (χ3n) is 5.77. The first-order valence-electron chi connectivity index (χ1n) is 7.88. The van der Waals surface area contributed by atoms with Gasteiger partial charge in [0.05, 0.1) is 18.5 Å². The summed E-state index contributed by atoms with van der Waals surface area (Å²) in [5, 5.41) is 20.4. The van der Waals surface area contributed by atoms with Crippen LogP contribution in [0.5, 0.6) is 0 Å². The van der Waals surface area contributed by atoms with Crippen molar-refractivity contribution in [3.05, 3.63) is 23.1 Å². The third kappa shape index (κ3) is 1.43. The second kappa shape index (κ2) is 3.84. The molecule has 0 amide bonds. The highest BCUT2D eigenvalue weighted by molar-refractivity contribution is 5.78. The maximum absolute atomic E-state index is 10.3. The molecule has 3 aliphatic carbocycles. The van der Waals surface area contributed by atoms with Gasteiger partial charge in [0.25, 0.3) is 0 Å². The fourth-order valence-electron chi connectivity index (χ4n) is 4.63. The van der Waals surface area contributed by atoms with Gasteiger partial charge in [-0.1, -0.05) is 0 Å². The van der Waals surface area contributed by atoms with Crippen molar-refractivity contribution < 1.29 is 10.2 Å². The first-order valence-corrected chi connectivity index (χ1v) is 7.88. The van der Waals surface area contributed by atoms with E-state index in [1.54, 1.807) is 0 Å². The summed E-state index contributed by atoms with van der Waals surface area (Å²) in [5.74, 6) is 0.640. The molecule has 0 spiro atoms. The molecule has 5 atom stereocenters. The molecule has 5 nitrogen and oxygen atoms in total. The van der Waals surface area contributed by atoms with E-state index in [1.165, 1.54) is 17.5 Å². The zero-order valence-corrected chi connectivity index (χ0v) is 12.0. The summed E-state index contributed by atoms with van der Waals surface area (Å²) >= 11 is 0. The van der Waals surface area contributed by atoms with Crippen LogP contribution in [-0.2, 0) is 12.8 Å². The van der Waals surface area contributed by atoms with Crippen molar-refractivity contribution in [1.29, 1.82) is 0 Å². The molecule has 3 aliphatic rings. The van der Waals surface area contributed by atoms with Gasteiger partial charge in [-0.25, -0.2) is 9.97 Å². The summed E-state index contributed by atoms with van der Waals surface area (Å²) < 4.78 is 2.02. The number of imidazole rings is 1. The summed E-state index contributed by atoms with van der Waals surface area (Å²) in [4.78, 5) is 9.37. The Morgan fingerprint density at radius 1 is 1.14 bits per heavy atom. The Morgan fingerprint density at radius 2 is 1.95 bits per heavy atom. The van der Waals surface area contributed by atoms with E-state index in [-0.39, 0.29) is 12.0 Å². The number of aliphatic hydroxyl groups excluding tert-OH is 2. The average molecular weight is 285 g/mol. The van der Waals surface area contributed by atoms with Gasteiger partial charge in [0.1, 0.15) is 11.6 Å². The van der Waals surface area contributed by atoms with Crippen molar-refractivity contribution in [3.63, 3.8) is 0 Å². The molecule has 2 saturated carbocycles. The topological polar surface area (TPSA) is 71.2 Å². The number of hydrogen-bond acceptors (Lipinski definition) is 4. The van der Waals surface area contributed by atoms with E-state index in [1.807, 2.05) is 10.9 Å². The van der Waals surface area contributed by atoms with E-state index in [0.29, 0.717) is 5.92 Å². The minimum Gasteiger partial charge on any atom is -0.390 e. The first kappa shape index (κ1) is 12.1. The summed E-state index contributed by atoms with van der Waals surface area (Å²) in [6.45, 7) is 2.07. The molecule has 2 aromatic rings. The number of aromatic nitrogens is 3. The Bertz CT molecular complexity index is 754. The lowest BCUT2D eigenvalue weighted by atomic mass is 10.1. The predicted octanol–water partition coefficient (Wildman–Crippen LogP) is 1.14. The van der Waals surface area contributed by atoms with Crippen LogP contribution in [0.4, 0.5) is 0 Å². The minimum absolute atomic E-state index is 0.0682. The van der Waals surface area contributed by atoms with Gasteiger partial charge in [0.2, 0.25) is 0 Å². The maximum Gasteiger partial charge on any atom is 0.160 e. The fourth-order valence-corrected chi connectivity index (χ4v) is 4.63. The summed E-state index contributed by atoms with van der Waals surface area (Å²) in [6, 6.07) is -0.0682. The molecule has 0 aliphatic heterocycles. The van der Waals surface area contributed by atoms with Crippen LogP contribution in [0.1, 0.15) is 35.7 Å². The highest BCUT2D eigenvalue weighted by atomic mass is 16.3. The minimum atomic E-state index is -0.693. The summed E-state index contributed by atoms with van der Waals surface area (Å²) in [5.41, 5.74) is 5.69. The standard InChI is InChI=1S/C16H19N3O2/c1-7-8-3-2-4-9(8)12-16(18-7)19(6-17-12)13-10-5-11(10)14(20)15(13)21/h6,10-11,13-15,20-21H,2-5H2,1H3. The number of nitrogens with zero attached hydrogens (tertiary/aromatic N) is 3. The third-order valence-corrected chi connectivity index (χ3v) is 5.77. The van der Waals surface area contributed by atoms with Crippen LogP contribution in [0.2, 0.25) is 0 Å². The van der Waals surface area contributed by atoms with Gasteiger partial charge < -0.3 is 14.8 Å². The number of rotatable bonds is 1. The molecule has 0 saturated heterocycles. The lowest BCUT2D eigenvalue weighted by Crippen LogP contribution is -2.31. The van der Waals surface area contributed by atoms with Crippen molar-refractivity contribution in [2.24, 2.45) is 11.8 Å². The maximum atomic E-state index is 10.3. The lowest BCUT2D eigenvalue weighted by molar-refractivity contribution is 0.00386. The number of fused-ring (bicyclic) bond motifs is 4. The van der Waals surface area contributed by atoms with Crippen molar-refractivity contribution >= 4 is 11.2 Å². The molecule has 2 N–H and O–H groups in total. The van der Waals surface area contributed by atoms with Gasteiger partial charge in [-0.15, -0.1) is 0 Å². The summed E-state index contributed by atoms with van der Waals surface area (Å²) in [7, 11) is 0. The Kier molecular flexibility index (Phi) is 2.22. The molecule has 0 radical (unpaired) electrons. The molecular formula is C16H19N3O2. The molecular weight excluding hydrogens is 266 g/mol. The van der Waals surface area contributed by atoms with Crippen LogP contribution in [0.3, 0.4) is 0 Å². The second-order valence-electron chi connectivity index (χ2n) is 6.87. The van der Waals surface area contributed by atoms with E-state index in [9.17, 15) is 10.2 Å². The molecule has 110 valence electrons. The fraction of sp³-hybridized carbons (Fsp3) is 0.625. The number of aliphatic hydroxyl groups is 2. The average Bonchev–Trinajstić information content (AvgIpc) is 2.82.